The minimum Gasteiger partial charge on any atom is -0.357 e. The van der Waals surface area contributed by atoms with Crippen molar-refractivity contribution in [2.75, 3.05) is 17.7 Å². The molecule has 0 amide bonds. The summed E-state index contributed by atoms with van der Waals surface area (Å²) in [6.45, 7) is 4.30. The Hall–Kier alpha value is -1.40. The Kier molecular flexibility index (Phi) is 4.55. The van der Waals surface area contributed by atoms with E-state index in [9.17, 15) is 0 Å². The Balaban J connectivity index is 2.24. The Labute approximate surface area is 121 Å². The average molecular weight is 298 g/mol. The molecule has 0 saturated carbocycles. The number of hydrogen-bond donors (Lipinski definition) is 2. The van der Waals surface area contributed by atoms with Gasteiger partial charge in [0.25, 0.3) is 0 Å². The van der Waals surface area contributed by atoms with Crippen molar-refractivity contribution in [1.29, 1.82) is 0 Å². The molecule has 19 heavy (non-hydrogen) atoms. The van der Waals surface area contributed by atoms with Crippen LogP contribution in [0, 0.1) is 5.92 Å². The number of anilines is 2. The number of hydrogen-bond acceptors (Lipinski definition) is 6. The monoisotopic (exact) mass is 297 g/mol. The number of aromatic nitrogens is 3. The smallest absolute Gasteiger partial charge is 0.229 e. The SMILES string of the molecule is CNc1nc(Cl)nc(NC(c2cccs2)C(C)C)n1. The van der Waals surface area contributed by atoms with Gasteiger partial charge in [0.1, 0.15) is 0 Å². The second kappa shape index (κ2) is 6.16. The van der Waals surface area contributed by atoms with Crippen LogP contribution in [0.1, 0.15) is 24.8 Å². The van der Waals surface area contributed by atoms with Gasteiger partial charge in [-0.05, 0) is 29.0 Å². The molecule has 0 aliphatic rings. The first-order valence-corrected chi connectivity index (χ1v) is 7.25. The molecule has 7 heteroatoms. The summed E-state index contributed by atoms with van der Waals surface area (Å²) < 4.78 is 0. The minimum absolute atomic E-state index is 0.156. The van der Waals surface area contributed by atoms with Crippen molar-refractivity contribution < 1.29 is 0 Å². The summed E-state index contributed by atoms with van der Waals surface area (Å²) in [5.41, 5.74) is 0. The van der Waals surface area contributed by atoms with Gasteiger partial charge in [-0.2, -0.15) is 15.0 Å². The van der Waals surface area contributed by atoms with E-state index in [-0.39, 0.29) is 11.3 Å². The van der Waals surface area contributed by atoms with E-state index < -0.39 is 0 Å². The fourth-order valence-corrected chi connectivity index (χ4v) is 2.81. The largest absolute Gasteiger partial charge is 0.357 e. The van der Waals surface area contributed by atoms with E-state index in [2.05, 4.69) is 50.9 Å². The van der Waals surface area contributed by atoms with Gasteiger partial charge in [-0.3, -0.25) is 0 Å². The molecule has 0 bridgehead atoms. The van der Waals surface area contributed by atoms with E-state index in [0.717, 1.165) is 0 Å². The second-order valence-electron chi connectivity index (χ2n) is 4.38. The lowest BCUT2D eigenvalue weighted by molar-refractivity contribution is 0.550. The highest BCUT2D eigenvalue weighted by molar-refractivity contribution is 7.10. The quantitative estimate of drug-likeness (QED) is 0.885. The third kappa shape index (κ3) is 3.54. The van der Waals surface area contributed by atoms with Crippen LogP contribution in [0.2, 0.25) is 5.28 Å². The fraction of sp³-hybridized carbons (Fsp3) is 0.417. The number of nitrogens with one attached hydrogen (secondary N) is 2. The first-order valence-electron chi connectivity index (χ1n) is 5.99. The van der Waals surface area contributed by atoms with E-state index in [1.54, 1.807) is 18.4 Å². The Morgan fingerprint density at radius 3 is 2.53 bits per heavy atom. The molecule has 1 atom stereocenters. The summed E-state index contributed by atoms with van der Waals surface area (Å²) in [5.74, 6) is 1.35. The summed E-state index contributed by atoms with van der Waals surface area (Å²) in [5, 5.41) is 8.42. The summed E-state index contributed by atoms with van der Waals surface area (Å²) >= 11 is 7.59. The molecule has 0 aliphatic carbocycles. The van der Waals surface area contributed by atoms with E-state index in [1.807, 2.05) is 6.07 Å². The fourth-order valence-electron chi connectivity index (χ4n) is 1.70. The van der Waals surface area contributed by atoms with Gasteiger partial charge in [-0.15, -0.1) is 11.3 Å². The van der Waals surface area contributed by atoms with Gasteiger partial charge >= 0.3 is 0 Å². The van der Waals surface area contributed by atoms with Crippen molar-refractivity contribution in [3.05, 3.63) is 27.7 Å². The van der Waals surface area contributed by atoms with Crippen LogP contribution in [0.15, 0.2) is 17.5 Å². The van der Waals surface area contributed by atoms with Gasteiger partial charge in [0.15, 0.2) is 0 Å². The maximum Gasteiger partial charge on any atom is 0.229 e. The predicted molar refractivity (Wildman–Crippen MR) is 79.9 cm³/mol. The van der Waals surface area contributed by atoms with Crippen molar-refractivity contribution in [1.82, 2.24) is 15.0 Å². The van der Waals surface area contributed by atoms with Crippen LogP contribution >= 0.6 is 22.9 Å². The number of nitrogens with zero attached hydrogens (tertiary/aromatic N) is 3. The summed E-state index contributed by atoms with van der Waals surface area (Å²) in [7, 11) is 1.74. The molecule has 0 radical (unpaired) electrons. The first kappa shape index (κ1) is 14.0. The molecule has 102 valence electrons. The van der Waals surface area contributed by atoms with Gasteiger partial charge in [-0.25, -0.2) is 0 Å². The molecule has 2 N–H and O–H groups in total. The number of thiophene rings is 1. The van der Waals surface area contributed by atoms with Gasteiger partial charge in [0.05, 0.1) is 6.04 Å². The Bertz CT molecular complexity index is 529. The molecule has 0 fully saturated rings. The van der Waals surface area contributed by atoms with E-state index in [0.29, 0.717) is 17.8 Å². The van der Waals surface area contributed by atoms with Crippen molar-refractivity contribution in [2.45, 2.75) is 19.9 Å². The zero-order valence-corrected chi connectivity index (χ0v) is 12.6. The minimum atomic E-state index is 0.156. The molecular formula is C12H16ClN5S. The number of rotatable bonds is 5. The van der Waals surface area contributed by atoms with Crippen LogP contribution in [0.4, 0.5) is 11.9 Å². The van der Waals surface area contributed by atoms with Crippen LogP contribution < -0.4 is 10.6 Å². The van der Waals surface area contributed by atoms with E-state index in [4.69, 9.17) is 11.6 Å². The van der Waals surface area contributed by atoms with E-state index >= 15 is 0 Å². The maximum absolute atomic E-state index is 5.88. The zero-order valence-electron chi connectivity index (χ0n) is 11.0. The first-order chi connectivity index (χ1) is 9.10. The van der Waals surface area contributed by atoms with Crippen molar-refractivity contribution in [2.24, 2.45) is 5.92 Å². The molecular weight excluding hydrogens is 282 g/mol. The molecule has 2 aromatic heterocycles. The molecule has 0 spiro atoms. The highest BCUT2D eigenvalue weighted by Gasteiger charge is 2.18. The molecule has 2 heterocycles. The van der Waals surface area contributed by atoms with Crippen LogP contribution in [0.3, 0.4) is 0 Å². The van der Waals surface area contributed by atoms with E-state index in [1.165, 1.54) is 4.88 Å². The number of halogens is 1. The lowest BCUT2D eigenvalue weighted by Crippen LogP contribution is -2.18. The molecule has 0 aliphatic heterocycles. The molecule has 0 aromatic carbocycles. The van der Waals surface area contributed by atoms with Gasteiger partial charge in [-0.1, -0.05) is 19.9 Å². The normalized spacial score (nSPS) is 12.5. The zero-order chi connectivity index (χ0) is 13.8. The summed E-state index contributed by atoms with van der Waals surface area (Å²) in [6, 6.07) is 4.30. The third-order valence-corrected chi connectivity index (χ3v) is 3.76. The predicted octanol–water partition coefficient (Wildman–Crippen LogP) is 3.44. The molecule has 2 rings (SSSR count). The van der Waals surface area contributed by atoms with Crippen LogP contribution in [0.25, 0.3) is 0 Å². The van der Waals surface area contributed by atoms with Crippen LogP contribution in [-0.2, 0) is 0 Å². The lowest BCUT2D eigenvalue weighted by atomic mass is 10.0. The molecule has 2 aromatic rings. The standard InChI is InChI=1S/C12H16ClN5S/c1-7(2)9(8-5-4-6-19-8)15-12-17-10(13)16-11(14-3)18-12/h4-7,9H,1-3H3,(H2,14,15,16,17,18). The lowest BCUT2D eigenvalue weighted by Gasteiger charge is -2.21. The van der Waals surface area contributed by atoms with Crippen molar-refractivity contribution >= 4 is 34.8 Å². The third-order valence-electron chi connectivity index (χ3n) is 2.63. The molecule has 0 saturated heterocycles. The Morgan fingerprint density at radius 1 is 1.21 bits per heavy atom. The second-order valence-corrected chi connectivity index (χ2v) is 5.70. The summed E-state index contributed by atoms with van der Waals surface area (Å²) in [4.78, 5) is 13.6. The van der Waals surface area contributed by atoms with Crippen LogP contribution in [0.5, 0.6) is 0 Å². The van der Waals surface area contributed by atoms with Crippen molar-refractivity contribution in [3.8, 4) is 0 Å². The van der Waals surface area contributed by atoms with Gasteiger partial charge in [0, 0.05) is 11.9 Å². The summed E-state index contributed by atoms with van der Waals surface area (Å²) in [6.07, 6.45) is 0. The Morgan fingerprint density at radius 2 is 1.95 bits per heavy atom. The van der Waals surface area contributed by atoms with Gasteiger partial charge < -0.3 is 10.6 Å². The highest BCUT2D eigenvalue weighted by atomic mass is 35.5. The van der Waals surface area contributed by atoms with Gasteiger partial charge in [0.2, 0.25) is 17.2 Å². The molecule has 1 unspecified atom stereocenters. The maximum atomic E-state index is 5.88. The average Bonchev–Trinajstić information content (AvgIpc) is 2.88. The highest BCUT2D eigenvalue weighted by Crippen LogP contribution is 2.28. The topological polar surface area (TPSA) is 62.7 Å². The van der Waals surface area contributed by atoms with Crippen molar-refractivity contribution in [3.63, 3.8) is 0 Å². The van der Waals surface area contributed by atoms with Crippen LogP contribution in [-0.4, -0.2) is 22.0 Å². The molecule has 5 nitrogen and oxygen atoms in total.